The van der Waals surface area contributed by atoms with E-state index in [1.54, 1.807) is 0 Å². The quantitative estimate of drug-likeness (QED) is 0.650. The van der Waals surface area contributed by atoms with E-state index in [0.717, 1.165) is 6.07 Å². The molecule has 1 saturated heterocycles. The number of rotatable bonds is 3. The molecule has 2 atom stereocenters. The van der Waals surface area contributed by atoms with Crippen LogP contribution in [0.3, 0.4) is 0 Å². The van der Waals surface area contributed by atoms with Crippen molar-refractivity contribution in [1.82, 2.24) is 9.80 Å². The Balaban J connectivity index is 1.92. The van der Waals surface area contributed by atoms with E-state index in [2.05, 4.69) is 0 Å². The van der Waals surface area contributed by atoms with Gasteiger partial charge in [0.1, 0.15) is 5.82 Å². The molecule has 1 aliphatic heterocycles. The Morgan fingerprint density at radius 1 is 1.16 bits per heavy atom. The summed E-state index contributed by atoms with van der Waals surface area (Å²) >= 11 is 5.64. The molecule has 0 bridgehead atoms. The van der Waals surface area contributed by atoms with Gasteiger partial charge in [-0.25, -0.2) is 9.18 Å². The van der Waals surface area contributed by atoms with Crippen molar-refractivity contribution in [1.29, 1.82) is 0 Å². The highest BCUT2D eigenvalue weighted by atomic mass is 35.5. The summed E-state index contributed by atoms with van der Waals surface area (Å²) in [6.07, 6.45) is -5.56. The maximum atomic E-state index is 13.4. The number of likely N-dealkylation sites (N-methyl/N-ethyl adjacent to an activating group) is 1. The van der Waals surface area contributed by atoms with Crippen LogP contribution in [0.1, 0.15) is 33.8 Å². The Morgan fingerprint density at radius 2 is 1.81 bits per heavy atom. The molecule has 10 heteroatoms. The SMILES string of the molecule is CN(C(=O)c1ccc(Cl)c(C(F)(F)F)c1)[C@@H]1CCN(C(=O)O)C[C@H]1c1ccc(F)cc1. The number of carboxylic acid groups (broad SMARTS) is 1. The molecule has 0 aliphatic carbocycles. The van der Waals surface area contributed by atoms with Crippen LogP contribution in [0.2, 0.25) is 5.02 Å². The second kappa shape index (κ2) is 8.74. The van der Waals surface area contributed by atoms with Gasteiger partial charge in [-0.3, -0.25) is 4.79 Å². The molecule has 0 saturated carbocycles. The van der Waals surface area contributed by atoms with Crippen molar-refractivity contribution < 1.29 is 32.3 Å². The van der Waals surface area contributed by atoms with Crippen LogP contribution in [0.4, 0.5) is 22.4 Å². The molecule has 31 heavy (non-hydrogen) atoms. The third-order valence-electron chi connectivity index (χ3n) is 5.48. The van der Waals surface area contributed by atoms with Crippen LogP contribution in [0.25, 0.3) is 0 Å². The summed E-state index contributed by atoms with van der Waals surface area (Å²) in [6.45, 7) is 0.224. The molecule has 0 unspecified atom stereocenters. The fourth-order valence-electron chi connectivity index (χ4n) is 3.84. The summed E-state index contributed by atoms with van der Waals surface area (Å²) in [5.74, 6) is -1.59. The van der Waals surface area contributed by atoms with E-state index in [1.807, 2.05) is 0 Å². The van der Waals surface area contributed by atoms with Crippen LogP contribution < -0.4 is 0 Å². The second-order valence-corrected chi connectivity index (χ2v) is 7.76. The second-order valence-electron chi connectivity index (χ2n) is 7.35. The number of nitrogens with zero attached hydrogens (tertiary/aromatic N) is 2. The van der Waals surface area contributed by atoms with E-state index in [4.69, 9.17) is 11.6 Å². The summed E-state index contributed by atoms with van der Waals surface area (Å²) in [5, 5.41) is 8.85. The Morgan fingerprint density at radius 3 is 2.39 bits per heavy atom. The lowest BCUT2D eigenvalue weighted by Crippen LogP contribution is -2.51. The summed E-state index contributed by atoms with van der Waals surface area (Å²) in [6, 6.07) is 7.96. The highest BCUT2D eigenvalue weighted by Crippen LogP contribution is 2.36. The maximum Gasteiger partial charge on any atom is 0.417 e. The Kier molecular flexibility index (Phi) is 6.45. The first kappa shape index (κ1) is 22.9. The average Bonchev–Trinajstić information content (AvgIpc) is 2.72. The van der Waals surface area contributed by atoms with Gasteiger partial charge in [0.15, 0.2) is 0 Å². The molecule has 5 nitrogen and oxygen atoms in total. The fourth-order valence-corrected chi connectivity index (χ4v) is 4.07. The number of hydrogen-bond donors (Lipinski definition) is 1. The fraction of sp³-hybridized carbons (Fsp3) is 0.333. The number of carbonyl (C=O) groups excluding carboxylic acids is 1. The van der Waals surface area contributed by atoms with Gasteiger partial charge in [0.2, 0.25) is 0 Å². The predicted molar refractivity (Wildman–Crippen MR) is 106 cm³/mol. The highest BCUT2D eigenvalue weighted by molar-refractivity contribution is 6.31. The van der Waals surface area contributed by atoms with Gasteiger partial charge >= 0.3 is 12.3 Å². The lowest BCUT2D eigenvalue weighted by atomic mass is 9.85. The summed E-state index contributed by atoms with van der Waals surface area (Å²) in [5.41, 5.74) is -0.661. The van der Waals surface area contributed by atoms with Gasteiger partial charge in [-0.15, -0.1) is 0 Å². The molecular weight excluding hydrogens is 440 g/mol. The Hall–Kier alpha value is -2.81. The largest absolute Gasteiger partial charge is 0.465 e. The van der Waals surface area contributed by atoms with Gasteiger partial charge in [-0.1, -0.05) is 23.7 Å². The van der Waals surface area contributed by atoms with Crippen molar-refractivity contribution in [2.24, 2.45) is 0 Å². The molecule has 2 aromatic carbocycles. The number of alkyl halides is 3. The van der Waals surface area contributed by atoms with Crippen LogP contribution >= 0.6 is 11.6 Å². The molecule has 3 rings (SSSR count). The lowest BCUT2D eigenvalue weighted by molar-refractivity contribution is -0.137. The molecule has 1 aliphatic rings. The number of piperidine rings is 1. The van der Waals surface area contributed by atoms with E-state index in [1.165, 1.54) is 47.2 Å². The number of halogens is 5. The van der Waals surface area contributed by atoms with Gasteiger partial charge in [0.25, 0.3) is 5.91 Å². The van der Waals surface area contributed by atoms with Gasteiger partial charge in [-0.2, -0.15) is 13.2 Å². The smallest absolute Gasteiger partial charge is 0.417 e. The Labute approximate surface area is 180 Å². The zero-order chi connectivity index (χ0) is 22.9. The minimum Gasteiger partial charge on any atom is -0.465 e. The number of hydrogen-bond acceptors (Lipinski definition) is 2. The van der Waals surface area contributed by atoms with E-state index < -0.39 is 46.5 Å². The maximum absolute atomic E-state index is 13.4. The zero-order valence-electron chi connectivity index (χ0n) is 16.4. The van der Waals surface area contributed by atoms with Gasteiger partial charge in [-0.05, 0) is 42.3 Å². The number of benzene rings is 2. The molecular formula is C21H19ClF4N2O3. The molecule has 0 aromatic heterocycles. The number of amides is 2. The molecule has 1 N–H and O–H groups in total. The molecule has 0 spiro atoms. The molecule has 1 fully saturated rings. The van der Waals surface area contributed by atoms with Crippen LogP contribution in [0, 0.1) is 5.82 Å². The van der Waals surface area contributed by atoms with Gasteiger partial charge in [0.05, 0.1) is 10.6 Å². The minimum atomic E-state index is -4.71. The van der Waals surface area contributed by atoms with Gasteiger partial charge in [0, 0.05) is 37.7 Å². The van der Waals surface area contributed by atoms with Crippen molar-refractivity contribution in [3.8, 4) is 0 Å². The zero-order valence-corrected chi connectivity index (χ0v) is 17.1. The van der Waals surface area contributed by atoms with Crippen LogP contribution in [0.5, 0.6) is 0 Å². The molecule has 0 radical (unpaired) electrons. The number of carbonyl (C=O) groups is 2. The van der Waals surface area contributed by atoms with E-state index in [9.17, 15) is 32.3 Å². The van der Waals surface area contributed by atoms with Gasteiger partial charge < -0.3 is 14.9 Å². The lowest BCUT2D eigenvalue weighted by Gasteiger charge is -2.42. The highest BCUT2D eigenvalue weighted by Gasteiger charge is 2.38. The van der Waals surface area contributed by atoms with Crippen LogP contribution in [0.15, 0.2) is 42.5 Å². The van der Waals surface area contributed by atoms with E-state index >= 15 is 0 Å². The topological polar surface area (TPSA) is 60.9 Å². The third kappa shape index (κ3) is 4.92. The standard InChI is InChI=1S/C21H19ClF4N2O3/c1-27(19(29)13-4-7-17(22)16(10-13)21(24,25)26)18-8-9-28(20(30)31)11-15(18)12-2-5-14(23)6-3-12/h2-7,10,15,18H,8-9,11H2,1H3,(H,30,31)/t15-,18+/m0/s1. The first-order valence-corrected chi connectivity index (χ1v) is 9.74. The van der Waals surface area contributed by atoms with Crippen molar-refractivity contribution >= 4 is 23.6 Å². The minimum absolute atomic E-state index is 0.0671. The van der Waals surface area contributed by atoms with Crippen LogP contribution in [-0.4, -0.2) is 53.1 Å². The third-order valence-corrected chi connectivity index (χ3v) is 5.81. The summed E-state index contributed by atoms with van der Waals surface area (Å²) in [4.78, 5) is 27.0. The Bertz CT molecular complexity index is 982. The average molecular weight is 459 g/mol. The molecule has 1 heterocycles. The van der Waals surface area contributed by atoms with Crippen molar-refractivity contribution in [2.45, 2.75) is 24.6 Å². The van der Waals surface area contributed by atoms with E-state index in [-0.39, 0.29) is 25.1 Å². The molecule has 2 aromatic rings. The normalized spacial score (nSPS) is 19.2. The van der Waals surface area contributed by atoms with Crippen molar-refractivity contribution in [2.75, 3.05) is 20.1 Å². The number of likely N-dealkylation sites (tertiary alicyclic amines) is 1. The van der Waals surface area contributed by atoms with Crippen LogP contribution in [-0.2, 0) is 6.18 Å². The van der Waals surface area contributed by atoms with E-state index in [0.29, 0.717) is 11.6 Å². The summed E-state index contributed by atoms with van der Waals surface area (Å²) in [7, 11) is 1.46. The monoisotopic (exact) mass is 458 g/mol. The first-order valence-electron chi connectivity index (χ1n) is 9.36. The molecule has 2 amide bonds. The molecule has 166 valence electrons. The van der Waals surface area contributed by atoms with Crippen molar-refractivity contribution in [3.63, 3.8) is 0 Å². The first-order chi connectivity index (χ1) is 14.5. The summed E-state index contributed by atoms with van der Waals surface area (Å²) < 4.78 is 52.9. The van der Waals surface area contributed by atoms with Crippen molar-refractivity contribution in [3.05, 3.63) is 70.0 Å². The predicted octanol–water partition coefficient (Wildman–Crippen LogP) is 5.11.